The van der Waals surface area contributed by atoms with Crippen LogP contribution < -0.4 is 11.2 Å². The van der Waals surface area contributed by atoms with Crippen molar-refractivity contribution in [2.75, 3.05) is 26.2 Å². The molecule has 0 unspecified atom stereocenters. The number of benzene rings is 2. The lowest BCUT2D eigenvalue weighted by Gasteiger charge is -2.22. The fraction of sp³-hybridized carbons (Fsp3) is 0.318. The third-order valence-electron chi connectivity index (χ3n) is 5.71. The van der Waals surface area contributed by atoms with Gasteiger partial charge in [0.05, 0.1) is 15.8 Å². The Bertz CT molecular complexity index is 1400. The Morgan fingerprint density at radius 2 is 1.70 bits per heavy atom. The highest BCUT2D eigenvalue weighted by atomic mass is 32.2. The third kappa shape index (κ3) is 4.74. The zero-order valence-electron chi connectivity index (χ0n) is 17.7. The first-order valence-electron chi connectivity index (χ1n) is 10.5. The van der Waals surface area contributed by atoms with Crippen molar-refractivity contribution in [3.63, 3.8) is 0 Å². The lowest BCUT2D eigenvalue weighted by atomic mass is 10.2. The summed E-state index contributed by atoms with van der Waals surface area (Å²) in [6, 6.07) is 11.3. The van der Waals surface area contributed by atoms with E-state index in [1.54, 1.807) is 29.2 Å². The molecule has 4 rings (SSSR count). The van der Waals surface area contributed by atoms with Gasteiger partial charge in [0.1, 0.15) is 5.82 Å². The molecule has 1 saturated heterocycles. The summed E-state index contributed by atoms with van der Waals surface area (Å²) in [5.74, 6) is -0.728. The predicted molar refractivity (Wildman–Crippen MR) is 120 cm³/mol. The van der Waals surface area contributed by atoms with Crippen molar-refractivity contribution in [2.45, 2.75) is 24.3 Å². The molecule has 3 aromatic rings. The average molecular weight is 475 g/mol. The SMILES string of the molecule is O=C(CCn1c(=O)[nH]c(=O)c2ccccc21)N1CCCN(S(=O)(=O)c2ccc(F)cc2)CC1. The molecule has 0 spiro atoms. The summed E-state index contributed by atoms with van der Waals surface area (Å²) in [4.78, 5) is 41.0. The fourth-order valence-electron chi connectivity index (χ4n) is 3.97. The number of carbonyl (C=O) groups excluding carboxylic acids is 1. The van der Waals surface area contributed by atoms with Gasteiger partial charge in [0, 0.05) is 39.1 Å². The van der Waals surface area contributed by atoms with E-state index in [0.717, 1.165) is 12.1 Å². The Morgan fingerprint density at radius 1 is 0.970 bits per heavy atom. The normalized spacial score (nSPS) is 15.5. The number of sulfonamides is 1. The minimum atomic E-state index is -3.79. The van der Waals surface area contributed by atoms with Crippen LogP contribution in [0.5, 0.6) is 0 Å². The van der Waals surface area contributed by atoms with Crippen LogP contribution in [0.15, 0.2) is 63.0 Å². The summed E-state index contributed by atoms with van der Waals surface area (Å²) in [5, 5.41) is 0.362. The summed E-state index contributed by atoms with van der Waals surface area (Å²) < 4.78 is 41.5. The van der Waals surface area contributed by atoms with Gasteiger partial charge in [-0.2, -0.15) is 4.31 Å². The number of hydrogen-bond donors (Lipinski definition) is 1. The lowest BCUT2D eigenvalue weighted by molar-refractivity contribution is -0.131. The molecule has 11 heteroatoms. The van der Waals surface area contributed by atoms with E-state index >= 15 is 0 Å². The van der Waals surface area contributed by atoms with Gasteiger partial charge in [0.15, 0.2) is 0 Å². The number of rotatable bonds is 5. The Labute approximate surface area is 189 Å². The van der Waals surface area contributed by atoms with Crippen LogP contribution in [0.25, 0.3) is 10.9 Å². The van der Waals surface area contributed by atoms with Crippen molar-refractivity contribution in [3.05, 3.63) is 75.2 Å². The Balaban J connectivity index is 1.44. The molecule has 0 atom stereocenters. The maximum Gasteiger partial charge on any atom is 0.328 e. The molecule has 0 radical (unpaired) electrons. The van der Waals surface area contributed by atoms with Crippen LogP contribution in [0.4, 0.5) is 4.39 Å². The average Bonchev–Trinajstić information content (AvgIpc) is 3.06. The van der Waals surface area contributed by atoms with E-state index in [0.29, 0.717) is 23.9 Å². The van der Waals surface area contributed by atoms with E-state index in [4.69, 9.17) is 0 Å². The van der Waals surface area contributed by atoms with Gasteiger partial charge in [-0.05, 0) is 42.8 Å². The second kappa shape index (κ2) is 9.28. The first-order chi connectivity index (χ1) is 15.8. The number of carbonyl (C=O) groups is 1. The highest BCUT2D eigenvalue weighted by molar-refractivity contribution is 7.89. The molecule has 33 heavy (non-hydrogen) atoms. The van der Waals surface area contributed by atoms with Crippen molar-refractivity contribution in [1.29, 1.82) is 0 Å². The Morgan fingerprint density at radius 3 is 2.45 bits per heavy atom. The van der Waals surface area contributed by atoms with Crippen LogP contribution in [0.3, 0.4) is 0 Å². The van der Waals surface area contributed by atoms with E-state index in [9.17, 15) is 27.2 Å². The topological polar surface area (TPSA) is 113 Å². The van der Waals surface area contributed by atoms with Gasteiger partial charge in [-0.3, -0.25) is 19.1 Å². The zero-order valence-corrected chi connectivity index (χ0v) is 18.6. The summed E-state index contributed by atoms with van der Waals surface area (Å²) in [7, 11) is -3.79. The molecule has 1 aliphatic rings. The number of nitrogens with one attached hydrogen (secondary N) is 1. The maximum absolute atomic E-state index is 13.2. The van der Waals surface area contributed by atoms with Crippen LogP contribution in [-0.4, -0.2) is 59.3 Å². The highest BCUT2D eigenvalue weighted by Crippen LogP contribution is 2.18. The molecule has 9 nitrogen and oxygen atoms in total. The van der Waals surface area contributed by atoms with Crippen molar-refractivity contribution < 1.29 is 17.6 Å². The lowest BCUT2D eigenvalue weighted by Crippen LogP contribution is -2.38. The van der Waals surface area contributed by atoms with Crippen molar-refractivity contribution in [2.24, 2.45) is 0 Å². The second-order valence-electron chi connectivity index (χ2n) is 7.77. The molecule has 174 valence electrons. The van der Waals surface area contributed by atoms with Gasteiger partial charge < -0.3 is 4.90 Å². The number of amides is 1. The number of fused-ring (bicyclic) bond motifs is 1. The standard InChI is InChI=1S/C22H23FN4O5S/c23-16-6-8-17(9-7-16)33(31,32)26-12-3-11-25(14-15-26)20(28)10-13-27-19-5-2-1-4-18(19)21(29)24-22(27)30/h1-2,4-9H,3,10-15H2,(H,24,29,30). The molecule has 1 fully saturated rings. The predicted octanol–water partition coefficient (Wildman–Crippen LogP) is 1.14. The number of nitrogens with zero attached hydrogens (tertiary/aromatic N) is 3. The number of aromatic amines is 1. The van der Waals surface area contributed by atoms with Crippen LogP contribution in [0.2, 0.25) is 0 Å². The van der Waals surface area contributed by atoms with Crippen LogP contribution in [0.1, 0.15) is 12.8 Å². The molecular formula is C22H23FN4O5S. The number of aryl methyl sites for hydroxylation is 1. The zero-order chi connectivity index (χ0) is 23.6. The number of aromatic nitrogens is 2. The number of para-hydroxylation sites is 1. The second-order valence-corrected chi connectivity index (χ2v) is 9.71. The minimum absolute atomic E-state index is 0.00741. The maximum atomic E-state index is 13.2. The molecule has 2 heterocycles. The van der Waals surface area contributed by atoms with E-state index in [1.165, 1.54) is 21.0 Å². The molecule has 1 N–H and O–H groups in total. The molecule has 1 aliphatic heterocycles. The van der Waals surface area contributed by atoms with Gasteiger partial charge in [-0.25, -0.2) is 17.6 Å². The number of hydrogen-bond acceptors (Lipinski definition) is 5. The largest absolute Gasteiger partial charge is 0.341 e. The molecule has 0 bridgehead atoms. The minimum Gasteiger partial charge on any atom is -0.341 e. The number of halogens is 1. The summed E-state index contributed by atoms with van der Waals surface area (Å²) in [6.45, 7) is 1.04. The van der Waals surface area contributed by atoms with Crippen molar-refractivity contribution in [1.82, 2.24) is 18.8 Å². The highest BCUT2D eigenvalue weighted by Gasteiger charge is 2.28. The van der Waals surface area contributed by atoms with Crippen molar-refractivity contribution in [3.8, 4) is 0 Å². The Hall–Kier alpha value is -3.31. The van der Waals surface area contributed by atoms with E-state index < -0.39 is 27.1 Å². The smallest absolute Gasteiger partial charge is 0.328 e. The summed E-state index contributed by atoms with van der Waals surface area (Å²) in [5.41, 5.74) is -0.612. The monoisotopic (exact) mass is 474 g/mol. The Kier molecular flexibility index (Phi) is 6.43. The molecule has 2 aromatic carbocycles. The van der Waals surface area contributed by atoms with Crippen molar-refractivity contribution >= 4 is 26.8 Å². The van der Waals surface area contributed by atoms with Crippen LogP contribution >= 0.6 is 0 Å². The van der Waals surface area contributed by atoms with E-state index in [1.807, 2.05) is 0 Å². The summed E-state index contributed by atoms with van der Waals surface area (Å²) >= 11 is 0. The first kappa shape index (κ1) is 22.9. The van der Waals surface area contributed by atoms with Gasteiger partial charge in [-0.15, -0.1) is 0 Å². The van der Waals surface area contributed by atoms with Gasteiger partial charge in [0.25, 0.3) is 5.56 Å². The van der Waals surface area contributed by atoms with Gasteiger partial charge in [-0.1, -0.05) is 12.1 Å². The number of H-pyrrole nitrogens is 1. The van der Waals surface area contributed by atoms with Gasteiger partial charge in [0.2, 0.25) is 15.9 Å². The van der Waals surface area contributed by atoms with E-state index in [-0.39, 0.29) is 43.4 Å². The van der Waals surface area contributed by atoms with Crippen LogP contribution in [0, 0.1) is 5.82 Å². The summed E-state index contributed by atoms with van der Waals surface area (Å²) in [6.07, 6.45) is 0.481. The molecule has 0 saturated carbocycles. The third-order valence-corrected chi connectivity index (χ3v) is 7.63. The van der Waals surface area contributed by atoms with Gasteiger partial charge >= 0.3 is 5.69 Å². The quantitative estimate of drug-likeness (QED) is 0.596. The molecule has 0 aliphatic carbocycles. The van der Waals surface area contributed by atoms with Crippen LogP contribution in [-0.2, 0) is 21.4 Å². The first-order valence-corrected chi connectivity index (χ1v) is 12.0. The molecule has 1 amide bonds. The molecular weight excluding hydrogens is 451 g/mol. The van der Waals surface area contributed by atoms with E-state index in [2.05, 4.69) is 4.98 Å². The molecule has 1 aromatic heterocycles. The fourth-order valence-corrected chi connectivity index (χ4v) is 5.44.